The van der Waals surface area contributed by atoms with Gasteiger partial charge < -0.3 is 0 Å². The lowest BCUT2D eigenvalue weighted by Gasteiger charge is -2.06. The molecule has 0 unspecified atom stereocenters. The second-order valence-corrected chi connectivity index (χ2v) is 6.89. The van der Waals surface area contributed by atoms with Crippen molar-refractivity contribution in [2.24, 2.45) is 0 Å². The van der Waals surface area contributed by atoms with Crippen LogP contribution < -0.4 is 0 Å². The quantitative estimate of drug-likeness (QED) is 0.394. The molecule has 19 heavy (non-hydrogen) atoms. The molecule has 7 nitrogen and oxygen atoms in total. The van der Waals surface area contributed by atoms with Crippen LogP contribution >= 0.6 is 0 Å². The lowest BCUT2D eigenvalue weighted by molar-refractivity contribution is 0.218. The summed E-state index contributed by atoms with van der Waals surface area (Å²) in [6.07, 6.45) is 2.81. The molecule has 0 radical (unpaired) electrons. The molecular formula is C10H22O7S2. The standard InChI is InChI=1S/C10H22O7S2/c1-3-5-7-15-18(11,12)10-9-17-19(13,14)16-8-6-4-2/h3-10H2,1-2H3. The highest BCUT2D eigenvalue weighted by Gasteiger charge is 2.16. The first-order valence-electron chi connectivity index (χ1n) is 6.24. The average molecular weight is 318 g/mol. The average Bonchev–Trinajstić information content (AvgIpc) is 2.28. The molecule has 0 atom stereocenters. The third kappa shape index (κ3) is 11.3. The van der Waals surface area contributed by atoms with E-state index in [9.17, 15) is 16.8 Å². The molecule has 0 amide bonds. The van der Waals surface area contributed by atoms with Gasteiger partial charge in [-0.2, -0.15) is 16.8 Å². The van der Waals surface area contributed by atoms with Gasteiger partial charge in [-0.15, -0.1) is 0 Å². The van der Waals surface area contributed by atoms with E-state index in [-0.39, 0.29) is 13.2 Å². The van der Waals surface area contributed by atoms with E-state index in [4.69, 9.17) is 0 Å². The van der Waals surface area contributed by atoms with Crippen molar-refractivity contribution >= 4 is 20.5 Å². The summed E-state index contributed by atoms with van der Waals surface area (Å²) in [7, 11) is -7.87. The Morgan fingerprint density at radius 1 is 0.737 bits per heavy atom. The van der Waals surface area contributed by atoms with Crippen LogP contribution in [0.1, 0.15) is 39.5 Å². The summed E-state index contributed by atoms with van der Waals surface area (Å²) in [5.41, 5.74) is 0. The first-order chi connectivity index (χ1) is 8.83. The Hall–Kier alpha value is -0.220. The highest BCUT2D eigenvalue weighted by atomic mass is 32.3. The van der Waals surface area contributed by atoms with Crippen LogP contribution in [0.2, 0.25) is 0 Å². The summed E-state index contributed by atoms with van der Waals surface area (Å²) in [5, 5.41) is 0. The zero-order valence-electron chi connectivity index (χ0n) is 11.3. The molecule has 0 aliphatic rings. The molecular weight excluding hydrogens is 296 g/mol. The Labute approximate surface area is 115 Å². The maximum atomic E-state index is 11.3. The molecule has 0 saturated carbocycles. The molecule has 0 rings (SSSR count). The summed E-state index contributed by atoms with van der Waals surface area (Å²) in [6.45, 7) is 3.40. The van der Waals surface area contributed by atoms with Gasteiger partial charge in [0.2, 0.25) is 0 Å². The first-order valence-corrected chi connectivity index (χ1v) is 9.15. The molecule has 0 aromatic carbocycles. The monoisotopic (exact) mass is 318 g/mol. The minimum absolute atomic E-state index is 0.0264. The van der Waals surface area contributed by atoms with Crippen LogP contribution in [0.3, 0.4) is 0 Å². The molecule has 0 aliphatic carbocycles. The molecule has 0 heterocycles. The largest absolute Gasteiger partial charge is 0.399 e. The SMILES string of the molecule is CCCCOS(=O)(=O)CCOS(=O)(=O)OCCCC. The van der Waals surface area contributed by atoms with E-state index in [1.54, 1.807) is 0 Å². The summed E-state index contributed by atoms with van der Waals surface area (Å²) in [4.78, 5) is 0. The molecule has 0 fully saturated rings. The van der Waals surface area contributed by atoms with Gasteiger partial charge in [-0.1, -0.05) is 26.7 Å². The van der Waals surface area contributed by atoms with Crippen molar-refractivity contribution in [1.82, 2.24) is 0 Å². The number of hydrogen-bond acceptors (Lipinski definition) is 7. The maximum Gasteiger partial charge on any atom is 0.399 e. The fourth-order valence-corrected chi connectivity index (χ4v) is 2.53. The van der Waals surface area contributed by atoms with Crippen molar-refractivity contribution in [2.75, 3.05) is 25.6 Å². The van der Waals surface area contributed by atoms with Crippen LogP contribution in [0, 0.1) is 0 Å². The Kier molecular flexibility index (Phi) is 9.54. The first kappa shape index (κ1) is 18.8. The third-order valence-corrected chi connectivity index (χ3v) is 4.15. The van der Waals surface area contributed by atoms with Gasteiger partial charge >= 0.3 is 10.4 Å². The van der Waals surface area contributed by atoms with Crippen LogP contribution in [0.15, 0.2) is 0 Å². The van der Waals surface area contributed by atoms with Gasteiger partial charge in [-0.05, 0) is 12.8 Å². The molecule has 116 valence electrons. The zero-order valence-corrected chi connectivity index (χ0v) is 13.0. The molecule has 0 aromatic heterocycles. The van der Waals surface area contributed by atoms with E-state index in [1.807, 2.05) is 13.8 Å². The van der Waals surface area contributed by atoms with Crippen LogP contribution in [0.25, 0.3) is 0 Å². The van der Waals surface area contributed by atoms with Gasteiger partial charge in [-0.3, -0.25) is 4.18 Å². The molecule has 9 heteroatoms. The van der Waals surface area contributed by atoms with Gasteiger partial charge in [0.15, 0.2) is 0 Å². The predicted molar refractivity (Wildman–Crippen MR) is 70.4 cm³/mol. The zero-order chi connectivity index (χ0) is 14.8. The van der Waals surface area contributed by atoms with Crippen molar-refractivity contribution < 1.29 is 29.4 Å². The molecule has 0 aromatic rings. The summed E-state index contributed by atoms with van der Waals surface area (Å²) in [5.74, 6) is -0.521. The van der Waals surface area contributed by atoms with Gasteiger partial charge in [0, 0.05) is 0 Å². The lowest BCUT2D eigenvalue weighted by Crippen LogP contribution is -2.19. The lowest BCUT2D eigenvalue weighted by atomic mass is 10.4. The van der Waals surface area contributed by atoms with E-state index >= 15 is 0 Å². The Bertz CT molecular complexity index is 373. The molecule has 0 spiro atoms. The molecule has 0 bridgehead atoms. The second-order valence-electron chi connectivity index (χ2n) is 3.84. The Morgan fingerprint density at radius 2 is 1.21 bits per heavy atom. The van der Waals surface area contributed by atoms with E-state index in [1.165, 1.54) is 0 Å². The number of hydrogen-bond donors (Lipinski definition) is 0. The highest BCUT2D eigenvalue weighted by molar-refractivity contribution is 7.86. The molecule has 0 aliphatic heterocycles. The van der Waals surface area contributed by atoms with Crippen molar-refractivity contribution in [1.29, 1.82) is 0 Å². The highest BCUT2D eigenvalue weighted by Crippen LogP contribution is 2.02. The van der Waals surface area contributed by atoms with Crippen molar-refractivity contribution in [2.45, 2.75) is 39.5 Å². The van der Waals surface area contributed by atoms with Crippen LogP contribution in [-0.4, -0.2) is 42.4 Å². The van der Waals surface area contributed by atoms with Gasteiger partial charge in [0.25, 0.3) is 10.1 Å². The summed E-state index contributed by atoms with van der Waals surface area (Å²) >= 11 is 0. The van der Waals surface area contributed by atoms with E-state index in [2.05, 4.69) is 12.5 Å². The number of unbranched alkanes of at least 4 members (excludes halogenated alkanes) is 2. The fourth-order valence-electron chi connectivity index (χ4n) is 0.967. The topological polar surface area (TPSA) is 96.0 Å². The fraction of sp³-hybridized carbons (Fsp3) is 1.00. The minimum Gasteiger partial charge on any atom is -0.270 e. The van der Waals surface area contributed by atoms with Crippen molar-refractivity contribution in [3.8, 4) is 0 Å². The van der Waals surface area contributed by atoms with E-state index < -0.39 is 32.9 Å². The van der Waals surface area contributed by atoms with E-state index in [0.29, 0.717) is 12.8 Å². The van der Waals surface area contributed by atoms with Crippen LogP contribution in [-0.2, 0) is 33.1 Å². The third-order valence-electron chi connectivity index (χ3n) is 2.05. The van der Waals surface area contributed by atoms with Gasteiger partial charge in [0.1, 0.15) is 5.75 Å². The number of rotatable bonds is 12. The second kappa shape index (κ2) is 9.65. The van der Waals surface area contributed by atoms with Crippen molar-refractivity contribution in [3.63, 3.8) is 0 Å². The summed E-state index contributed by atoms with van der Waals surface area (Å²) < 4.78 is 58.5. The summed E-state index contributed by atoms with van der Waals surface area (Å²) in [6, 6.07) is 0. The predicted octanol–water partition coefficient (Wildman–Crippen LogP) is 1.21. The maximum absolute atomic E-state index is 11.3. The molecule has 0 N–H and O–H groups in total. The van der Waals surface area contributed by atoms with Gasteiger partial charge in [0.05, 0.1) is 19.8 Å². The Balaban J connectivity index is 3.94. The van der Waals surface area contributed by atoms with Crippen LogP contribution in [0.4, 0.5) is 0 Å². The van der Waals surface area contributed by atoms with E-state index in [0.717, 1.165) is 12.8 Å². The molecule has 0 saturated heterocycles. The normalized spacial score (nSPS) is 12.7. The Morgan fingerprint density at radius 3 is 1.74 bits per heavy atom. The van der Waals surface area contributed by atoms with Crippen LogP contribution in [0.5, 0.6) is 0 Å². The smallest absolute Gasteiger partial charge is 0.270 e. The van der Waals surface area contributed by atoms with Crippen molar-refractivity contribution in [3.05, 3.63) is 0 Å². The van der Waals surface area contributed by atoms with Gasteiger partial charge in [-0.25, -0.2) is 8.37 Å². The minimum atomic E-state index is -4.12.